The Labute approximate surface area is 195 Å². The molecule has 0 saturated carbocycles. The molecule has 0 aliphatic rings. The molecule has 0 spiro atoms. The summed E-state index contributed by atoms with van der Waals surface area (Å²) in [5, 5.41) is 13.9. The highest BCUT2D eigenvalue weighted by molar-refractivity contribution is 6.35. The van der Waals surface area contributed by atoms with Gasteiger partial charge in [0.2, 0.25) is 0 Å². The van der Waals surface area contributed by atoms with Crippen LogP contribution in [-0.4, -0.2) is 18.2 Å². The Bertz CT molecular complexity index is 1120. The lowest BCUT2D eigenvalue weighted by Gasteiger charge is -2.16. The Balaban J connectivity index is 1.74. The summed E-state index contributed by atoms with van der Waals surface area (Å²) in [7, 11) is 1.55. The van der Waals surface area contributed by atoms with Crippen LogP contribution in [0.25, 0.3) is 0 Å². The number of ether oxygens (including phenoxy) is 2. The van der Waals surface area contributed by atoms with Crippen molar-refractivity contribution in [3.8, 4) is 11.5 Å². The van der Waals surface area contributed by atoms with Crippen LogP contribution < -0.4 is 14.8 Å². The fraction of sp³-hybridized carbons (Fsp3) is 0.174. The van der Waals surface area contributed by atoms with Crippen molar-refractivity contribution in [2.75, 3.05) is 12.4 Å². The molecule has 3 aromatic carbocycles. The zero-order valence-electron chi connectivity index (χ0n) is 16.8. The number of carboxylic acid groups (broad SMARTS) is 1. The summed E-state index contributed by atoms with van der Waals surface area (Å²) < 4.78 is 11.3. The molecule has 0 aliphatic heterocycles. The van der Waals surface area contributed by atoms with E-state index in [1.165, 1.54) is 0 Å². The van der Waals surface area contributed by atoms with Gasteiger partial charge in [0.15, 0.2) is 11.5 Å². The van der Waals surface area contributed by atoms with Crippen LogP contribution in [-0.2, 0) is 13.2 Å². The number of benzene rings is 3. The molecule has 0 aromatic heterocycles. The van der Waals surface area contributed by atoms with Gasteiger partial charge in [-0.25, -0.2) is 4.79 Å². The SMILES string of the molecule is COc1cc(CNc2ccc(C(=O)O)cc2C)c(Cl)cc1OCc1ccc(Cl)cc1Cl. The van der Waals surface area contributed by atoms with Crippen LogP contribution in [0.3, 0.4) is 0 Å². The summed E-state index contributed by atoms with van der Waals surface area (Å²) in [6.07, 6.45) is 0. The molecule has 0 saturated heterocycles. The zero-order chi connectivity index (χ0) is 22.5. The first kappa shape index (κ1) is 23.1. The predicted octanol–water partition coefficient (Wildman–Crippen LogP) is 6.85. The quantitative estimate of drug-likeness (QED) is 0.369. The van der Waals surface area contributed by atoms with E-state index < -0.39 is 5.97 Å². The first-order chi connectivity index (χ1) is 14.8. The number of halogens is 3. The summed E-state index contributed by atoms with van der Waals surface area (Å²) >= 11 is 18.6. The number of carboxylic acids is 1. The first-order valence-corrected chi connectivity index (χ1v) is 10.4. The van der Waals surface area contributed by atoms with Gasteiger partial charge in [-0.05, 0) is 54.4 Å². The van der Waals surface area contributed by atoms with E-state index in [4.69, 9.17) is 49.4 Å². The van der Waals surface area contributed by atoms with E-state index in [0.29, 0.717) is 33.1 Å². The van der Waals surface area contributed by atoms with E-state index in [9.17, 15) is 4.79 Å². The molecule has 0 bridgehead atoms. The van der Waals surface area contributed by atoms with Gasteiger partial charge >= 0.3 is 5.97 Å². The Kier molecular flexibility index (Phi) is 7.55. The summed E-state index contributed by atoms with van der Waals surface area (Å²) in [4.78, 5) is 11.1. The topological polar surface area (TPSA) is 67.8 Å². The Morgan fingerprint density at radius 1 is 0.968 bits per heavy atom. The third kappa shape index (κ3) is 5.76. The highest BCUT2D eigenvalue weighted by Crippen LogP contribution is 2.35. The van der Waals surface area contributed by atoms with Gasteiger partial charge in [-0.3, -0.25) is 0 Å². The molecule has 162 valence electrons. The lowest BCUT2D eigenvalue weighted by molar-refractivity contribution is 0.0697. The second-order valence-electron chi connectivity index (χ2n) is 6.81. The summed E-state index contributed by atoms with van der Waals surface area (Å²) in [5.41, 5.74) is 3.47. The molecule has 2 N–H and O–H groups in total. The van der Waals surface area contributed by atoms with E-state index in [1.807, 2.05) is 6.92 Å². The van der Waals surface area contributed by atoms with Crippen molar-refractivity contribution in [2.24, 2.45) is 0 Å². The number of hydrogen-bond donors (Lipinski definition) is 2. The molecule has 0 radical (unpaired) electrons. The first-order valence-electron chi connectivity index (χ1n) is 9.29. The smallest absolute Gasteiger partial charge is 0.335 e. The Morgan fingerprint density at radius 2 is 1.71 bits per heavy atom. The van der Waals surface area contributed by atoms with E-state index in [2.05, 4.69) is 5.32 Å². The summed E-state index contributed by atoms with van der Waals surface area (Å²) in [5.74, 6) is 0.0615. The van der Waals surface area contributed by atoms with Gasteiger partial charge < -0.3 is 19.9 Å². The van der Waals surface area contributed by atoms with Crippen LogP contribution in [0.4, 0.5) is 5.69 Å². The monoisotopic (exact) mass is 479 g/mol. The second-order valence-corrected chi connectivity index (χ2v) is 8.06. The second kappa shape index (κ2) is 10.1. The lowest BCUT2D eigenvalue weighted by atomic mass is 10.1. The van der Waals surface area contributed by atoms with Gasteiger partial charge in [-0.1, -0.05) is 40.9 Å². The average Bonchev–Trinajstić information content (AvgIpc) is 2.73. The van der Waals surface area contributed by atoms with Crippen molar-refractivity contribution in [1.29, 1.82) is 0 Å². The van der Waals surface area contributed by atoms with Gasteiger partial charge in [0.1, 0.15) is 6.61 Å². The fourth-order valence-corrected chi connectivity index (χ4v) is 3.65. The van der Waals surface area contributed by atoms with Crippen molar-refractivity contribution >= 4 is 46.5 Å². The molecule has 8 heteroatoms. The van der Waals surface area contributed by atoms with Crippen LogP contribution >= 0.6 is 34.8 Å². The minimum Gasteiger partial charge on any atom is -0.493 e. The van der Waals surface area contributed by atoms with Crippen molar-refractivity contribution in [3.63, 3.8) is 0 Å². The molecule has 0 fully saturated rings. The number of aromatic carboxylic acids is 1. The molecule has 0 aliphatic carbocycles. The minimum atomic E-state index is -0.960. The summed E-state index contributed by atoms with van der Waals surface area (Å²) in [6.45, 7) is 2.50. The maximum absolute atomic E-state index is 11.1. The molecule has 0 unspecified atom stereocenters. The molecule has 0 amide bonds. The fourth-order valence-electron chi connectivity index (χ4n) is 2.96. The number of hydrogen-bond acceptors (Lipinski definition) is 4. The van der Waals surface area contributed by atoms with E-state index in [1.54, 1.807) is 55.6 Å². The molecule has 3 rings (SSSR count). The number of nitrogens with one attached hydrogen (secondary N) is 1. The van der Waals surface area contributed by atoms with Crippen molar-refractivity contribution in [2.45, 2.75) is 20.1 Å². The maximum atomic E-state index is 11.1. The van der Waals surface area contributed by atoms with Gasteiger partial charge in [0.25, 0.3) is 0 Å². The van der Waals surface area contributed by atoms with Crippen LogP contribution in [0.15, 0.2) is 48.5 Å². The predicted molar refractivity (Wildman–Crippen MR) is 124 cm³/mol. The molecule has 0 heterocycles. The molecule has 3 aromatic rings. The molecule has 31 heavy (non-hydrogen) atoms. The van der Waals surface area contributed by atoms with Crippen molar-refractivity contribution in [1.82, 2.24) is 0 Å². The average molecular weight is 481 g/mol. The van der Waals surface area contributed by atoms with E-state index >= 15 is 0 Å². The minimum absolute atomic E-state index is 0.232. The highest BCUT2D eigenvalue weighted by atomic mass is 35.5. The molecule has 0 atom stereocenters. The third-order valence-electron chi connectivity index (χ3n) is 4.67. The Hall–Kier alpha value is -2.60. The molecular weight excluding hydrogens is 461 g/mol. The third-order valence-corrected chi connectivity index (χ3v) is 5.61. The van der Waals surface area contributed by atoms with Crippen LogP contribution in [0, 0.1) is 6.92 Å². The molecule has 5 nitrogen and oxygen atoms in total. The number of anilines is 1. The zero-order valence-corrected chi connectivity index (χ0v) is 19.1. The largest absolute Gasteiger partial charge is 0.493 e. The highest BCUT2D eigenvalue weighted by Gasteiger charge is 2.13. The van der Waals surface area contributed by atoms with Gasteiger partial charge in [-0.15, -0.1) is 0 Å². The van der Waals surface area contributed by atoms with E-state index in [0.717, 1.165) is 22.4 Å². The standard InChI is InChI=1S/C23H20Cl3NO4/c1-13-7-14(23(28)29)4-6-20(13)27-11-16-8-21(30-2)22(10-19(16)26)31-12-15-3-5-17(24)9-18(15)25/h3-10,27H,11-12H2,1-2H3,(H,28,29). The number of rotatable bonds is 8. The van der Waals surface area contributed by atoms with E-state index in [-0.39, 0.29) is 12.2 Å². The van der Waals surface area contributed by atoms with Crippen molar-refractivity contribution in [3.05, 3.63) is 85.9 Å². The number of methoxy groups -OCH3 is 1. The Morgan fingerprint density at radius 3 is 2.35 bits per heavy atom. The van der Waals surface area contributed by atoms with Crippen LogP contribution in [0.5, 0.6) is 11.5 Å². The molecular formula is C23H20Cl3NO4. The maximum Gasteiger partial charge on any atom is 0.335 e. The van der Waals surface area contributed by atoms with Crippen LogP contribution in [0.1, 0.15) is 27.0 Å². The normalized spacial score (nSPS) is 10.6. The van der Waals surface area contributed by atoms with Crippen LogP contribution in [0.2, 0.25) is 15.1 Å². The number of aryl methyl sites for hydroxylation is 1. The lowest BCUT2D eigenvalue weighted by Crippen LogP contribution is -2.05. The van der Waals surface area contributed by atoms with Gasteiger partial charge in [-0.2, -0.15) is 0 Å². The van der Waals surface area contributed by atoms with Crippen molar-refractivity contribution < 1.29 is 19.4 Å². The number of carbonyl (C=O) groups is 1. The van der Waals surface area contributed by atoms with Gasteiger partial charge in [0.05, 0.1) is 12.7 Å². The summed E-state index contributed by atoms with van der Waals surface area (Å²) in [6, 6.07) is 13.6. The van der Waals surface area contributed by atoms with Gasteiger partial charge in [0, 0.05) is 38.9 Å².